The molecule has 1 aliphatic rings. The van der Waals surface area contributed by atoms with Gasteiger partial charge in [-0.3, -0.25) is 4.79 Å². The van der Waals surface area contributed by atoms with Crippen molar-refractivity contribution in [1.82, 2.24) is 0 Å². The van der Waals surface area contributed by atoms with E-state index in [0.717, 1.165) is 28.2 Å². The quantitative estimate of drug-likeness (QED) is 0.367. The Balaban J connectivity index is 1.56. The highest BCUT2D eigenvalue weighted by Gasteiger charge is 2.23. The van der Waals surface area contributed by atoms with E-state index in [0.29, 0.717) is 27.5 Å². The molecule has 0 N–H and O–H groups in total. The van der Waals surface area contributed by atoms with E-state index in [1.54, 1.807) is 0 Å². The Morgan fingerprint density at radius 2 is 1.23 bits per heavy atom. The van der Waals surface area contributed by atoms with Crippen molar-refractivity contribution in [3.8, 4) is 11.5 Å². The number of hydrogen-bond acceptors (Lipinski definition) is 3. The SMILES string of the molecule is O=C(PC1CCCC1)c1c(COc2ccccc2)cccc1COc1ccccc1. The van der Waals surface area contributed by atoms with Crippen LogP contribution in [-0.2, 0) is 13.2 Å². The van der Waals surface area contributed by atoms with E-state index in [4.69, 9.17) is 9.47 Å². The van der Waals surface area contributed by atoms with Crippen LogP contribution in [0.5, 0.6) is 11.5 Å². The zero-order valence-electron chi connectivity index (χ0n) is 17.1. The Labute approximate surface area is 180 Å². The Morgan fingerprint density at radius 3 is 1.73 bits per heavy atom. The molecule has 0 aliphatic heterocycles. The molecule has 1 unspecified atom stereocenters. The summed E-state index contributed by atoms with van der Waals surface area (Å²) < 4.78 is 12.0. The normalized spacial score (nSPS) is 14.3. The van der Waals surface area contributed by atoms with E-state index < -0.39 is 0 Å². The van der Waals surface area contributed by atoms with Gasteiger partial charge in [0.15, 0.2) is 5.52 Å². The van der Waals surface area contributed by atoms with Gasteiger partial charge < -0.3 is 9.47 Å². The van der Waals surface area contributed by atoms with Crippen LogP contribution in [0.3, 0.4) is 0 Å². The second-order valence-electron chi connectivity index (χ2n) is 7.61. The van der Waals surface area contributed by atoms with Crippen LogP contribution in [0.25, 0.3) is 0 Å². The van der Waals surface area contributed by atoms with Crippen LogP contribution in [0.4, 0.5) is 0 Å². The van der Waals surface area contributed by atoms with Gasteiger partial charge in [0.1, 0.15) is 24.7 Å². The molecule has 154 valence electrons. The third kappa shape index (κ3) is 5.49. The second kappa shape index (κ2) is 10.4. The van der Waals surface area contributed by atoms with Crippen molar-refractivity contribution in [1.29, 1.82) is 0 Å². The summed E-state index contributed by atoms with van der Waals surface area (Å²) >= 11 is 0. The molecule has 4 rings (SSSR count). The van der Waals surface area contributed by atoms with Crippen molar-refractivity contribution in [2.75, 3.05) is 0 Å². The molecule has 0 heterocycles. The Morgan fingerprint density at radius 1 is 0.733 bits per heavy atom. The largest absolute Gasteiger partial charge is 0.489 e. The van der Waals surface area contributed by atoms with Crippen molar-refractivity contribution in [3.05, 3.63) is 95.6 Å². The summed E-state index contributed by atoms with van der Waals surface area (Å²) in [6.07, 6.45) is 4.83. The van der Waals surface area contributed by atoms with Crippen LogP contribution in [0, 0.1) is 0 Å². The lowest BCUT2D eigenvalue weighted by Gasteiger charge is -2.17. The molecular weight excluding hydrogens is 391 g/mol. The molecular formula is C26H27O3P. The van der Waals surface area contributed by atoms with E-state index in [1.165, 1.54) is 25.7 Å². The highest BCUT2D eigenvalue weighted by atomic mass is 31.1. The molecule has 0 radical (unpaired) electrons. The molecule has 1 saturated carbocycles. The van der Waals surface area contributed by atoms with Crippen molar-refractivity contribution in [2.45, 2.75) is 44.6 Å². The molecule has 4 heteroatoms. The van der Waals surface area contributed by atoms with Crippen LogP contribution < -0.4 is 9.47 Å². The predicted molar refractivity (Wildman–Crippen MR) is 123 cm³/mol. The van der Waals surface area contributed by atoms with Gasteiger partial charge in [-0.05, 0) is 51.3 Å². The zero-order chi connectivity index (χ0) is 20.6. The molecule has 0 spiro atoms. The number of ether oxygens (including phenoxy) is 2. The molecule has 1 aliphatic carbocycles. The average molecular weight is 418 g/mol. The fourth-order valence-electron chi connectivity index (χ4n) is 3.87. The summed E-state index contributed by atoms with van der Waals surface area (Å²) in [6.45, 7) is 0.749. The summed E-state index contributed by atoms with van der Waals surface area (Å²) in [6, 6.07) is 25.5. The Kier molecular flexibility index (Phi) is 7.16. The summed E-state index contributed by atoms with van der Waals surface area (Å²) in [7, 11) is 0.322. The van der Waals surface area contributed by atoms with Gasteiger partial charge in [-0.15, -0.1) is 0 Å². The molecule has 1 atom stereocenters. The van der Waals surface area contributed by atoms with Gasteiger partial charge in [0.2, 0.25) is 0 Å². The second-order valence-corrected chi connectivity index (χ2v) is 9.17. The van der Waals surface area contributed by atoms with Crippen molar-refractivity contribution in [3.63, 3.8) is 0 Å². The lowest BCUT2D eigenvalue weighted by Crippen LogP contribution is -2.11. The van der Waals surface area contributed by atoms with Gasteiger partial charge in [-0.25, -0.2) is 0 Å². The fourth-order valence-corrected chi connectivity index (χ4v) is 5.40. The van der Waals surface area contributed by atoms with E-state index >= 15 is 0 Å². The van der Waals surface area contributed by atoms with Gasteiger partial charge in [-0.1, -0.05) is 67.4 Å². The molecule has 0 amide bonds. The molecule has 3 aromatic rings. The maximum atomic E-state index is 13.4. The smallest absolute Gasteiger partial charge is 0.182 e. The van der Waals surface area contributed by atoms with Gasteiger partial charge >= 0.3 is 0 Å². The summed E-state index contributed by atoms with van der Waals surface area (Å²) in [4.78, 5) is 13.4. The lowest BCUT2D eigenvalue weighted by molar-refractivity contribution is 0.108. The number of rotatable bonds is 9. The Hall–Kier alpha value is -2.64. The highest BCUT2D eigenvalue weighted by molar-refractivity contribution is 7.59. The number of carbonyl (C=O) groups is 1. The number of carbonyl (C=O) groups excluding carboxylic acids is 1. The number of benzene rings is 3. The monoisotopic (exact) mass is 418 g/mol. The first-order chi connectivity index (χ1) is 14.8. The van der Waals surface area contributed by atoms with Gasteiger partial charge in [0.25, 0.3) is 0 Å². The molecule has 1 fully saturated rings. The predicted octanol–water partition coefficient (Wildman–Crippen LogP) is 6.61. The highest BCUT2D eigenvalue weighted by Crippen LogP contribution is 2.38. The van der Waals surface area contributed by atoms with Gasteiger partial charge in [-0.2, -0.15) is 0 Å². The van der Waals surface area contributed by atoms with Crippen LogP contribution >= 0.6 is 8.58 Å². The van der Waals surface area contributed by atoms with Crippen molar-refractivity contribution >= 4 is 14.1 Å². The average Bonchev–Trinajstić information content (AvgIpc) is 3.30. The first kappa shape index (κ1) is 20.6. The Bertz CT molecular complexity index is 889. The van der Waals surface area contributed by atoms with Crippen molar-refractivity contribution in [2.24, 2.45) is 0 Å². The fraction of sp³-hybridized carbons (Fsp3) is 0.269. The minimum absolute atomic E-state index is 0.237. The molecule has 3 aromatic carbocycles. The summed E-state index contributed by atoms with van der Waals surface area (Å²) in [5, 5.41) is 0. The van der Waals surface area contributed by atoms with Crippen LogP contribution in [-0.4, -0.2) is 11.2 Å². The molecule has 3 nitrogen and oxygen atoms in total. The van der Waals surface area contributed by atoms with E-state index in [2.05, 4.69) is 0 Å². The maximum absolute atomic E-state index is 13.4. The summed E-state index contributed by atoms with van der Waals surface area (Å²) in [5.41, 5.74) is 3.42. The van der Waals surface area contributed by atoms with Crippen molar-refractivity contribution < 1.29 is 14.3 Å². The van der Waals surface area contributed by atoms with E-state index in [-0.39, 0.29) is 5.52 Å². The van der Waals surface area contributed by atoms with Crippen LogP contribution in [0.1, 0.15) is 47.2 Å². The first-order valence-electron chi connectivity index (χ1n) is 10.6. The topological polar surface area (TPSA) is 35.5 Å². The molecule has 0 bridgehead atoms. The van der Waals surface area contributed by atoms with Crippen LogP contribution in [0.15, 0.2) is 78.9 Å². The minimum atomic E-state index is 0.237. The van der Waals surface area contributed by atoms with Gasteiger partial charge in [0, 0.05) is 16.7 Å². The molecule has 0 aromatic heterocycles. The number of hydrogen-bond donors (Lipinski definition) is 0. The number of para-hydroxylation sites is 2. The van der Waals surface area contributed by atoms with Crippen LogP contribution in [0.2, 0.25) is 0 Å². The molecule has 0 saturated heterocycles. The van der Waals surface area contributed by atoms with Gasteiger partial charge in [0.05, 0.1) is 0 Å². The third-order valence-electron chi connectivity index (χ3n) is 5.43. The van der Waals surface area contributed by atoms with E-state index in [9.17, 15) is 4.79 Å². The molecule has 30 heavy (non-hydrogen) atoms. The lowest BCUT2D eigenvalue weighted by atomic mass is 10.0. The summed E-state index contributed by atoms with van der Waals surface area (Å²) in [5.74, 6) is 1.61. The standard InChI is InChI=1S/C26H27O3P/c27-26(30-24-16-7-8-17-24)25-20(18-28-22-12-3-1-4-13-22)10-9-11-21(25)19-29-23-14-5-2-6-15-23/h1-6,9-15,24,30H,7-8,16-19H2. The van der Waals surface area contributed by atoms with E-state index in [1.807, 2.05) is 78.9 Å². The minimum Gasteiger partial charge on any atom is -0.489 e. The zero-order valence-corrected chi connectivity index (χ0v) is 18.1. The third-order valence-corrected chi connectivity index (χ3v) is 6.93. The first-order valence-corrected chi connectivity index (χ1v) is 11.6. The maximum Gasteiger partial charge on any atom is 0.182 e.